The number of thioether (sulfide) groups is 1. The van der Waals surface area contributed by atoms with Gasteiger partial charge in [0.25, 0.3) is 0 Å². The number of rotatable bonds is 6. The van der Waals surface area contributed by atoms with Crippen molar-refractivity contribution in [2.75, 3.05) is 28.2 Å². The predicted octanol–water partition coefficient (Wildman–Crippen LogP) is 3.52. The molecule has 0 unspecified atom stereocenters. The summed E-state index contributed by atoms with van der Waals surface area (Å²) in [6.45, 7) is 0.483. The summed E-state index contributed by atoms with van der Waals surface area (Å²) in [5.41, 5.74) is 2.31. The first-order valence-electron chi connectivity index (χ1n) is 8.52. The molecule has 5 nitrogen and oxygen atoms in total. The third kappa shape index (κ3) is 4.80. The van der Waals surface area contributed by atoms with Crippen LogP contribution in [0.2, 0.25) is 0 Å². The summed E-state index contributed by atoms with van der Waals surface area (Å²) in [6.07, 6.45) is 3.27. The van der Waals surface area contributed by atoms with Gasteiger partial charge < -0.3 is 5.32 Å². The van der Waals surface area contributed by atoms with Crippen molar-refractivity contribution in [3.63, 3.8) is 0 Å². The predicted molar refractivity (Wildman–Crippen MR) is 107 cm³/mol. The van der Waals surface area contributed by atoms with Crippen LogP contribution in [0.5, 0.6) is 0 Å². The van der Waals surface area contributed by atoms with E-state index >= 15 is 0 Å². The summed E-state index contributed by atoms with van der Waals surface area (Å²) in [7, 11) is -3.31. The summed E-state index contributed by atoms with van der Waals surface area (Å²) in [5, 5.41) is 2.88. The second-order valence-electron chi connectivity index (χ2n) is 6.24. The minimum Gasteiger partial charge on any atom is -0.326 e. The fourth-order valence-electron chi connectivity index (χ4n) is 2.97. The standard InChI is InChI=1S/C19H22N2O3S2/c1-26(23,24)21-12-5-6-15-9-10-16(14-18(15)21)20-19(22)11-13-25-17-7-3-2-4-8-17/h2-4,7-10,14H,5-6,11-13H2,1H3,(H,20,22). The maximum Gasteiger partial charge on any atom is 0.232 e. The van der Waals surface area contributed by atoms with E-state index in [1.54, 1.807) is 17.8 Å². The highest BCUT2D eigenvalue weighted by Crippen LogP contribution is 2.31. The number of fused-ring (bicyclic) bond motifs is 1. The molecule has 1 heterocycles. The quantitative estimate of drug-likeness (QED) is 0.767. The Morgan fingerprint density at radius 1 is 1.19 bits per heavy atom. The number of carbonyl (C=O) groups excluding carboxylic acids is 1. The zero-order chi connectivity index (χ0) is 18.6. The van der Waals surface area contributed by atoms with Crippen molar-refractivity contribution in [2.45, 2.75) is 24.2 Å². The Bertz CT molecular complexity index is 883. The van der Waals surface area contributed by atoms with Crippen LogP contribution < -0.4 is 9.62 Å². The Balaban J connectivity index is 1.62. The third-order valence-corrected chi connectivity index (χ3v) is 6.38. The number of benzene rings is 2. The van der Waals surface area contributed by atoms with Crippen LogP contribution in [0.25, 0.3) is 0 Å². The van der Waals surface area contributed by atoms with Crippen LogP contribution in [-0.2, 0) is 21.2 Å². The average Bonchev–Trinajstić information content (AvgIpc) is 2.61. The lowest BCUT2D eigenvalue weighted by Crippen LogP contribution is -2.34. The van der Waals surface area contributed by atoms with Gasteiger partial charge >= 0.3 is 0 Å². The summed E-state index contributed by atoms with van der Waals surface area (Å²) >= 11 is 1.64. The molecule has 0 saturated carbocycles. The van der Waals surface area contributed by atoms with Crippen molar-refractivity contribution >= 4 is 39.1 Å². The Hall–Kier alpha value is -1.99. The van der Waals surface area contributed by atoms with E-state index in [1.807, 2.05) is 42.5 Å². The molecule has 1 amide bonds. The molecule has 1 aliphatic rings. The largest absolute Gasteiger partial charge is 0.326 e. The van der Waals surface area contributed by atoms with Crippen LogP contribution in [0.1, 0.15) is 18.4 Å². The van der Waals surface area contributed by atoms with Gasteiger partial charge in [-0.15, -0.1) is 11.8 Å². The van der Waals surface area contributed by atoms with Crippen molar-refractivity contribution in [3.8, 4) is 0 Å². The molecule has 0 fully saturated rings. The van der Waals surface area contributed by atoms with Gasteiger partial charge in [0.05, 0.1) is 11.9 Å². The number of carbonyl (C=O) groups is 1. The summed E-state index contributed by atoms with van der Waals surface area (Å²) in [4.78, 5) is 13.3. The molecular weight excluding hydrogens is 368 g/mol. The second kappa shape index (κ2) is 8.14. The molecule has 26 heavy (non-hydrogen) atoms. The maximum absolute atomic E-state index is 12.2. The van der Waals surface area contributed by atoms with Gasteiger partial charge in [-0.25, -0.2) is 8.42 Å². The monoisotopic (exact) mass is 390 g/mol. The smallest absolute Gasteiger partial charge is 0.232 e. The van der Waals surface area contributed by atoms with Gasteiger partial charge in [-0.1, -0.05) is 24.3 Å². The molecule has 1 N–H and O–H groups in total. The molecule has 0 saturated heterocycles. The van der Waals surface area contributed by atoms with Crippen molar-refractivity contribution in [3.05, 3.63) is 54.1 Å². The Morgan fingerprint density at radius 3 is 2.69 bits per heavy atom. The van der Waals surface area contributed by atoms with Gasteiger partial charge in [-0.2, -0.15) is 0 Å². The van der Waals surface area contributed by atoms with Crippen molar-refractivity contribution in [2.24, 2.45) is 0 Å². The maximum atomic E-state index is 12.2. The third-order valence-electron chi connectivity index (χ3n) is 4.19. The minimum atomic E-state index is -3.31. The fraction of sp³-hybridized carbons (Fsp3) is 0.316. The van der Waals surface area contributed by atoms with Crippen LogP contribution in [0.3, 0.4) is 0 Å². The van der Waals surface area contributed by atoms with E-state index in [1.165, 1.54) is 10.6 Å². The van der Waals surface area contributed by atoms with Gasteiger partial charge in [0.1, 0.15) is 0 Å². The first-order chi connectivity index (χ1) is 12.4. The van der Waals surface area contributed by atoms with E-state index in [4.69, 9.17) is 0 Å². The van der Waals surface area contributed by atoms with E-state index in [9.17, 15) is 13.2 Å². The van der Waals surface area contributed by atoms with E-state index in [0.717, 1.165) is 23.3 Å². The van der Waals surface area contributed by atoms with Gasteiger partial charge in [0.2, 0.25) is 15.9 Å². The molecule has 2 aromatic rings. The fourth-order valence-corrected chi connectivity index (χ4v) is 4.83. The number of hydrogen-bond acceptors (Lipinski definition) is 4. The highest BCUT2D eigenvalue weighted by atomic mass is 32.2. The highest BCUT2D eigenvalue weighted by Gasteiger charge is 2.24. The molecule has 7 heteroatoms. The SMILES string of the molecule is CS(=O)(=O)N1CCCc2ccc(NC(=O)CCSc3ccccc3)cc21. The summed E-state index contributed by atoms with van der Waals surface area (Å²) in [6, 6.07) is 15.5. The Kier molecular flexibility index (Phi) is 5.88. The van der Waals surface area contributed by atoms with E-state index in [2.05, 4.69) is 5.32 Å². The minimum absolute atomic E-state index is 0.0740. The second-order valence-corrected chi connectivity index (χ2v) is 9.32. The van der Waals surface area contributed by atoms with Crippen LogP contribution in [0.15, 0.2) is 53.4 Å². The van der Waals surface area contributed by atoms with Crippen LogP contribution in [-0.4, -0.2) is 32.9 Å². The summed E-state index contributed by atoms with van der Waals surface area (Å²) in [5.74, 6) is 0.617. The zero-order valence-electron chi connectivity index (χ0n) is 14.6. The van der Waals surface area contributed by atoms with E-state index in [0.29, 0.717) is 30.1 Å². The van der Waals surface area contributed by atoms with Gasteiger partial charge in [0, 0.05) is 29.3 Å². The number of nitrogens with one attached hydrogen (secondary N) is 1. The molecule has 3 rings (SSSR count). The molecule has 0 radical (unpaired) electrons. The van der Waals surface area contributed by atoms with E-state index < -0.39 is 10.0 Å². The molecule has 0 aliphatic carbocycles. The topological polar surface area (TPSA) is 66.5 Å². The first-order valence-corrected chi connectivity index (χ1v) is 11.4. The van der Waals surface area contributed by atoms with E-state index in [-0.39, 0.29) is 5.91 Å². The lowest BCUT2D eigenvalue weighted by Gasteiger charge is -2.29. The van der Waals surface area contributed by atoms with Gasteiger partial charge in [-0.3, -0.25) is 9.10 Å². The Labute approximate surface area is 158 Å². The Morgan fingerprint density at radius 2 is 1.96 bits per heavy atom. The molecule has 0 bridgehead atoms. The first kappa shape index (κ1) is 18.8. The normalized spacial score (nSPS) is 14.0. The lowest BCUT2D eigenvalue weighted by atomic mass is 10.0. The van der Waals surface area contributed by atoms with Crippen LogP contribution in [0, 0.1) is 0 Å². The molecule has 2 aromatic carbocycles. The lowest BCUT2D eigenvalue weighted by molar-refractivity contribution is -0.115. The van der Waals surface area contributed by atoms with Gasteiger partial charge in [-0.05, 0) is 42.7 Å². The molecule has 1 aliphatic heterocycles. The highest BCUT2D eigenvalue weighted by molar-refractivity contribution is 7.99. The van der Waals surface area contributed by atoms with Crippen molar-refractivity contribution < 1.29 is 13.2 Å². The molecule has 138 valence electrons. The van der Waals surface area contributed by atoms with Crippen molar-refractivity contribution in [1.29, 1.82) is 0 Å². The zero-order valence-corrected chi connectivity index (χ0v) is 16.3. The van der Waals surface area contributed by atoms with Crippen LogP contribution >= 0.6 is 11.8 Å². The molecular formula is C19H22N2O3S2. The number of amides is 1. The number of anilines is 2. The molecule has 0 spiro atoms. The molecule has 0 atom stereocenters. The number of hydrogen-bond donors (Lipinski definition) is 1. The van der Waals surface area contributed by atoms with Crippen molar-refractivity contribution in [1.82, 2.24) is 0 Å². The summed E-state index contributed by atoms with van der Waals surface area (Å²) < 4.78 is 25.4. The number of nitrogens with zero attached hydrogens (tertiary/aromatic N) is 1. The van der Waals surface area contributed by atoms with Gasteiger partial charge in [0.15, 0.2) is 0 Å². The molecule has 0 aromatic heterocycles. The van der Waals surface area contributed by atoms with Crippen LogP contribution in [0.4, 0.5) is 11.4 Å². The number of sulfonamides is 1. The number of aryl methyl sites for hydroxylation is 1. The average molecular weight is 391 g/mol.